The summed E-state index contributed by atoms with van der Waals surface area (Å²) in [5, 5.41) is 11.9. The predicted molar refractivity (Wildman–Crippen MR) is 102 cm³/mol. The van der Waals surface area contributed by atoms with Crippen LogP contribution in [0.3, 0.4) is 0 Å². The average molecular weight is 375 g/mol. The molecule has 0 aromatic heterocycles. The van der Waals surface area contributed by atoms with Gasteiger partial charge in [-0.1, -0.05) is 18.2 Å². The first-order valence-electron chi connectivity index (χ1n) is 7.90. The van der Waals surface area contributed by atoms with Crippen molar-refractivity contribution < 1.29 is 9.18 Å². The number of carbonyl (C=O) groups is 1. The largest absolute Gasteiger partial charge is 0.355 e. The normalized spacial score (nSPS) is 10.2. The highest BCUT2D eigenvalue weighted by atomic mass is 32.2. The molecule has 0 unspecified atom stereocenters. The van der Waals surface area contributed by atoms with Crippen LogP contribution in [0, 0.1) is 17.1 Å². The molecule has 2 aromatic carbocycles. The van der Waals surface area contributed by atoms with Gasteiger partial charge in [-0.05, 0) is 35.9 Å². The third-order valence-corrected chi connectivity index (χ3v) is 5.40. The van der Waals surface area contributed by atoms with E-state index in [1.54, 1.807) is 23.9 Å². The van der Waals surface area contributed by atoms with Crippen molar-refractivity contribution >= 4 is 29.4 Å². The van der Waals surface area contributed by atoms with Crippen molar-refractivity contribution in [2.45, 2.75) is 17.1 Å². The number of nitriles is 1. The van der Waals surface area contributed by atoms with E-state index in [1.807, 2.05) is 24.3 Å². The van der Waals surface area contributed by atoms with Crippen LogP contribution < -0.4 is 5.32 Å². The number of benzene rings is 2. The lowest BCUT2D eigenvalue weighted by Gasteiger charge is -2.06. The van der Waals surface area contributed by atoms with E-state index in [9.17, 15) is 9.18 Å². The van der Waals surface area contributed by atoms with Crippen LogP contribution in [0.1, 0.15) is 17.5 Å². The number of hydrogen-bond acceptors (Lipinski definition) is 4. The average Bonchev–Trinajstić information content (AvgIpc) is 2.63. The van der Waals surface area contributed by atoms with Crippen molar-refractivity contribution in [3.8, 4) is 6.07 Å². The minimum absolute atomic E-state index is 0.0210. The maximum atomic E-state index is 12.8. The van der Waals surface area contributed by atoms with Gasteiger partial charge in [0.1, 0.15) is 5.82 Å². The van der Waals surface area contributed by atoms with Crippen molar-refractivity contribution in [3.05, 3.63) is 65.5 Å². The molecule has 0 spiro atoms. The second-order valence-electron chi connectivity index (χ2n) is 5.22. The smallest absolute Gasteiger partial charge is 0.220 e. The molecule has 0 radical (unpaired) electrons. The summed E-state index contributed by atoms with van der Waals surface area (Å²) in [4.78, 5) is 12.7. The Bertz CT molecular complexity index is 729. The zero-order chi connectivity index (χ0) is 17.9. The van der Waals surface area contributed by atoms with Gasteiger partial charge in [-0.15, -0.1) is 11.8 Å². The first kappa shape index (κ1) is 19.4. The monoisotopic (exact) mass is 374 g/mol. The fourth-order valence-corrected chi connectivity index (χ4v) is 3.79. The molecule has 0 atom stereocenters. The van der Waals surface area contributed by atoms with Gasteiger partial charge < -0.3 is 5.32 Å². The summed E-state index contributed by atoms with van der Waals surface area (Å²) in [6.07, 6.45) is 0.434. The lowest BCUT2D eigenvalue weighted by molar-refractivity contribution is -0.120. The summed E-state index contributed by atoms with van der Waals surface area (Å²) < 4.78 is 12.8. The van der Waals surface area contributed by atoms with E-state index in [0.717, 1.165) is 22.0 Å². The third-order valence-electron chi connectivity index (χ3n) is 3.38. The van der Waals surface area contributed by atoms with Crippen LogP contribution in [0.4, 0.5) is 4.39 Å². The van der Waals surface area contributed by atoms with Crippen molar-refractivity contribution in [1.82, 2.24) is 5.32 Å². The molecule has 0 aliphatic rings. The van der Waals surface area contributed by atoms with E-state index >= 15 is 0 Å². The fourth-order valence-electron chi connectivity index (χ4n) is 2.08. The number of nitrogens with one attached hydrogen (secondary N) is 1. The molecule has 25 heavy (non-hydrogen) atoms. The highest BCUT2D eigenvalue weighted by molar-refractivity contribution is 7.99. The highest BCUT2D eigenvalue weighted by Crippen LogP contribution is 2.19. The van der Waals surface area contributed by atoms with Gasteiger partial charge in [0.05, 0.1) is 11.6 Å². The summed E-state index contributed by atoms with van der Waals surface area (Å²) >= 11 is 3.23. The highest BCUT2D eigenvalue weighted by Gasteiger charge is 2.03. The van der Waals surface area contributed by atoms with Crippen LogP contribution in [-0.2, 0) is 10.5 Å². The molecule has 0 heterocycles. The van der Waals surface area contributed by atoms with Crippen LogP contribution in [0.15, 0.2) is 53.4 Å². The van der Waals surface area contributed by atoms with Crippen LogP contribution in [0.2, 0.25) is 0 Å². The first-order valence-corrected chi connectivity index (χ1v) is 10.0. The van der Waals surface area contributed by atoms with Gasteiger partial charge in [-0.2, -0.15) is 17.0 Å². The van der Waals surface area contributed by atoms with Gasteiger partial charge >= 0.3 is 0 Å². The van der Waals surface area contributed by atoms with Gasteiger partial charge in [0.2, 0.25) is 5.91 Å². The Hall–Kier alpha value is -1.97. The minimum atomic E-state index is -0.253. The number of amides is 1. The molecule has 2 rings (SSSR count). The molecule has 2 aromatic rings. The molecule has 0 saturated carbocycles. The standard InChI is InChI=1S/C19H19FN2OS2/c20-17-5-7-18(8-6-17)25-11-9-19(23)22-10-12-24-14-16-4-2-1-3-15(16)13-21/h1-8H,9-12,14H2,(H,22,23). The van der Waals surface area contributed by atoms with E-state index in [4.69, 9.17) is 5.26 Å². The number of halogens is 1. The molecule has 0 saturated heterocycles. The lowest BCUT2D eigenvalue weighted by atomic mass is 10.1. The molecule has 1 N–H and O–H groups in total. The lowest BCUT2D eigenvalue weighted by Crippen LogP contribution is -2.25. The Morgan fingerprint density at radius 1 is 1.12 bits per heavy atom. The van der Waals surface area contributed by atoms with Crippen LogP contribution in [0.25, 0.3) is 0 Å². The quantitative estimate of drug-likeness (QED) is 0.527. The van der Waals surface area contributed by atoms with Crippen molar-refractivity contribution in [3.63, 3.8) is 0 Å². The topological polar surface area (TPSA) is 52.9 Å². The minimum Gasteiger partial charge on any atom is -0.355 e. The fraction of sp³-hybridized carbons (Fsp3) is 0.263. The Balaban J connectivity index is 1.56. The van der Waals surface area contributed by atoms with Gasteiger partial charge in [-0.25, -0.2) is 4.39 Å². The number of hydrogen-bond donors (Lipinski definition) is 1. The molecule has 0 aliphatic carbocycles. The number of nitrogens with zero attached hydrogens (tertiary/aromatic N) is 1. The van der Waals surface area contributed by atoms with Crippen LogP contribution in [0.5, 0.6) is 0 Å². The van der Waals surface area contributed by atoms with E-state index in [2.05, 4.69) is 11.4 Å². The zero-order valence-corrected chi connectivity index (χ0v) is 15.3. The predicted octanol–water partition coefficient (Wildman–Crippen LogP) is 4.23. The van der Waals surface area contributed by atoms with Crippen LogP contribution in [-0.4, -0.2) is 24.0 Å². The second kappa shape index (κ2) is 10.8. The van der Waals surface area contributed by atoms with Crippen molar-refractivity contribution in [2.75, 3.05) is 18.1 Å². The number of thioether (sulfide) groups is 2. The van der Waals surface area contributed by atoms with Crippen molar-refractivity contribution in [1.29, 1.82) is 5.26 Å². The number of rotatable bonds is 9. The van der Waals surface area contributed by atoms with E-state index in [-0.39, 0.29) is 11.7 Å². The zero-order valence-electron chi connectivity index (χ0n) is 13.7. The maximum Gasteiger partial charge on any atom is 0.220 e. The summed E-state index contributed by atoms with van der Waals surface area (Å²) in [5.41, 5.74) is 1.73. The Kier molecular flexibility index (Phi) is 8.36. The molecular weight excluding hydrogens is 355 g/mol. The Labute approximate surface area is 156 Å². The Morgan fingerprint density at radius 2 is 1.88 bits per heavy atom. The van der Waals surface area contributed by atoms with E-state index in [1.165, 1.54) is 23.9 Å². The maximum absolute atomic E-state index is 12.8. The molecule has 6 heteroatoms. The van der Waals surface area contributed by atoms with E-state index in [0.29, 0.717) is 24.3 Å². The second-order valence-corrected chi connectivity index (χ2v) is 7.50. The molecule has 0 aliphatic heterocycles. The van der Waals surface area contributed by atoms with E-state index < -0.39 is 0 Å². The molecule has 3 nitrogen and oxygen atoms in total. The SMILES string of the molecule is N#Cc1ccccc1CSCCNC(=O)CCSc1ccc(F)cc1. The van der Waals surface area contributed by atoms with Gasteiger partial charge in [0.15, 0.2) is 0 Å². The van der Waals surface area contributed by atoms with Crippen molar-refractivity contribution in [2.24, 2.45) is 0 Å². The first-order chi connectivity index (χ1) is 12.2. The third kappa shape index (κ3) is 7.20. The Morgan fingerprint density at radius 3 is 2.64 bits per heavy atom. The molecule has 130 valence electrons. The number of carbonyl (C=O) groups excluding carboxylic acids is 1. The molecular formula is C19H19FN2OS2. The molecule has 1 amide bonds. The summed E-state index contributed by atoms with van der Waals surface area (Å²) in [6.45, 7) is 0.611. The van der Waals surface area contributed by atoms with Gasteiger partial charge in [-0.3, -0.25) is 4.79 Å². The van der Waals surface area contributed by atoms with Crippen LogP contribution >= 0.6 is 23.5 Å². The molecule has 0 bridgehead atoms. The molecule has 0 fully saturated rings. The summed E-state index contributed by atoms with van der Waals surface area (Å²) in [5.74, 6) is 2.00. The van der Waals surface area contributed by atoms with Gasteiger partial charge in [0.25, 0.3) is 0 Å². The van der Waals surface area contributed by atoms with Gasteiger partial charge in [0, 0.05) is 35.1 Å². The summed E-state index contributed by atoms with van der Waals surface area (Å²) in [6, 6.07) is 16.0. The summed E-state index contributed by atoms with van der Waals surface area (Å²) in [7, 11) is 0.